The summed E-state index contributed by atoms with van der Waals surface area (Å²) >= 11 is 1.60. The molecule has 6 heteroatoms. The molecule has 2 aliphatic heterocycles. The molecule has 0 bridgehead atoms. The molecule has 1 aliphatic carbocycles. The number of rotatable bonds is 2. The van der Waals surface area contributed by atoms with E-state index in [0.29, 0.717) is 11.5 Å². The van der Waals surface area contributed by atoms with Crippen molar-refractivity contribution in [1.82, 2.24) is 4.90 Å². The molecule has 0 amide bonds. The Morgan fingerprint density at radius 3 is 2.24 bits per heavy atom. The normalized spacial score (nSPS) is 30.2. The van der Waals surface area contributed by atoms with Crippen LogP contribution < -0.4 is 16.4 Å². The topological polar surface area (TPSA) is 70.9 Å². The number of benzene rings is 1. The minimum absolute atomic E-state index is 0.195. The van der Waals surface area contributed by atoms with Crippen molar-refractivity contribution in [3.8, 4) is 0 Å². The highest BCUT2D eigenvalue weighted by atomic mass is 32.2. The summed E-state index contributed by atoms with van der Waals surface area (Å²) < 4.78 is 0. The predicted octanol–water partition coefficient (Wildman–Crippen LogP) is 4.50. The molecule has 0 radical (unpaired) electrons. The molecule has 29 heavy (non-hydrogen) atoms. The molecule has 1 aromatic carbocycles. The number of hydrogen-bond donors (Lipinski definition) is 2. The number of para-hydroxylation sites is 1. The second-order valence-electron chi connectivity index (χ2n) is 9.82. The summed E-state index contributed by atoms with van der Waals surface area (Å²) in [4.78, 5) is 9.30. The lowest BCUT2D eigenvalue weighted by Gasteiger charge is -2.44. The van der Waals surface area contributed by atoms with Gasteiger partial charge in [0.25, 0.3) is 0 Å². The monoisotopic (exact) mass is 413 g/mol. The van der Waals surface area contributed by atoms with Crippen molar-refractivity contribution in [2.45, 2.75) is 78.0 Å². The first-order valence-corrected chi connectivity index (χ1v) is 11.7. The van der Waals surface area contributed by atoms with Gasteiger partial charge in [0.2, 0.25) is 0 Å². The Hall–Kier alpha value is -1.50. The van der Waals surface area contributed by atoms with Gasteiger partial charge < -0.3 is 21.3 Å². The van der Waals surface area contributed by atoms with Crippen molar-refractivity contribution >= 4 is 23.8 Å². The maximum Gasteiger partial charge on any atom is 0.136 e. The number of thioether (sulfide) groups is 1. The van der Waals surface area contributed by atoms with E-state index in [2.05, 4.69) is 62.6 Å². The number of hydrogen-bond acceptors (Lipinski definition) is 6. The molecule has 3 aliphatic rings. The van der Waals surface area contributed by atoms with Crippen molar-refractivity contribution in [3.63, 3.8) is 0 Å². The van der Waals surface area contributed by atoms with Crippen LogP contribution in [-0.2, 0) is 0 Å². The van der Waals surface area contributed by atoms with Gasteiger partial charge in [0.1, 0.15) is 16.7 Å². The highest BCUT2D eigenvalue weighted by molar-refractivity contribution is 8.04. The molecular formula is C23H35N5S. The highest BCUT2D eigenvalue weighted by Gasteiger charge is 2.42. The third-order valence-corrected chi connectivity index (χ3v) is 7.89. The Kier molecular flexibility index (Phi) is 5.47. The Morgan fingerprint density at radius 1 is 1.03 bits per heavy atom. The summed E-state index contributed by atoms with van der Waals surface area (Å²) in [7, 11) is 0. The van der Waals surface area contributed by atoms with Crippen LogP contribution in [0.4, 0.5) is 5.69 Å². The fourth-order valence-corrected chi connectivity index (χ4v) is 6.16. The van der Waals surface area contributed by atoms with Crippen LogP contribution in [-0.4, -0.2) is 28.9 Å². The SMILES string of the molecule is Cc1cccc(C)c1N1C2=C(N=CN(C3CCC(C(C)(C)C)CC3)C2N)SC1N. The van der Waals surface area contributed by atoms with Gasteiger partial charge in [0, 0.05) is 11.7 Å². The highest BCUT2D eigenvalue weighted by Crippen LogP contribution is 2.46. The van der Waals surface area contributed by atoms with Gasteiger partial charge in [-0.3, -0.25) is 0 Å². The summed E-state index contributed by atoms with van der Waals surface area (Å²) in [6, 6.07) is 6.82. The third-order valence-electron chi connectivity index (χ3n) is 6.90. The van der Waals surface area contributed by atoms with E-state index in [-0.39, 0.29) is 11.7 Å². The van der Waals surface area contributed by atoms with Crippen LogP contribution in [0.5, 0.6) is 0 Å². The molecule has 0 spiro atoms. The molecule has 2 atom stereocenters. The van der Waals surface area contributed by atoms with E-state index in [4.69, 9.17) is 16.5 Å². The number of anilines is 1. The fraction of sp³-hybridized carbons (Fsp3) is 0.609. The molecule has 2 heterocycles. The zero-order valence-corrected chi connectivity index (χ0v) is 19.2. The van der Waals surface area contributed by atoms with Gasteiger partial charge in [-0.05, 0) is 62.0 Å². The standard InChI is InChI=1S/C23H35N5S/c1-14-7-6-8-15(2)18(14)28-19-20(24)27(13-26-21(19)29-22(28)25)17-11-9-16(10-12-17)23(3,4)5/h6-8,13,16-17,20,22H,9-12,24-25H2,1-5H3. The summed E-state index contributed by atoms with van der Waals surface area (Å²) in [6.45, 7) is 11.4. The molecular weight excluding hydrogens is 378 g/mol. The minimum Gasteiger partial charge on any atom is -0.339 e. The maximum atomic E-state index is 6.87. The average molecular weight is 414 g/mol. The van der Waals surface area contributed by atoms with Crippen LogP contribution >= 0.6 is 11.8 Å². The number of nitrogens with zero attached hydrogens (tertiary/aromatic N) is 3. The summed E-state index contributed by atoms with van der Waals surface area (Å²) in [5, 5.41) is 0.965. The van der Waals surface area contributed by atoms with Crippen molar-refractivity contribution in [2.24, 2.45) is 27.8 Å². The van der Waals surface area contributed by atoms with Crippen molar-refractivity contribution in [3.05, 3.63) is 40.1 Å². The zero-order valence-electron chi connectivity index (χ0n) is 18.4. The van der Waals surface area contributed by atoms with Gasteiger partial charge in [0.15, 0.2) is 0 Å². The van der Waals surface area contributed by atoms with Crippen LogP contribution in [0.25, 0.3) is 0 Å². The molecule has 4 rings (SSSR count). The second kappa shape index (κ2) is 7.64. The fourth-order valence-electron chi connectivity index (χ4n) is 5.16. The first kappa shape index (κ1) is 20.8. The number of aliphatic imine (C=N–C) groups is 1. The lowest BCUT2D eigenvalue weighted by molar-refractivity contribution is 0.121. The quantitative estimate of drug-likeness (QED) is 0.747. The van der Waals surface area contributed by atoms with Crippen LogP contribution in [0, 0.1) is 25.2 Å². The summed E-state index contributed by atoms with van der Waals surface area (Å²) in [6.07, 6.45) is 6.62. The average Bonchev–Trinajstić information content (AvgIpc) is 2.98. The van der Waals surface area contributed by atoms with E-state index >= 15 is 0 Å². The lowest BCUT2D eigenvalue weighted by atomic mass is 9.71. The van der Waals surface area contributed by atoms with Gasteiger partial charge in [-0.15, -0.1) is 0 Å². The largest absolute Gasteiger partial charge is 0.339 e. The van der Waals surface area contributed by atoms with E-state index in [1.807, 2.05) is 6.34 Å². The van der Waals surface area contributed by atoms with Crippen LogP contribution in [0.15, 0.2) is 33.9 Å². The third kappa shape index (κ3) is 3.71. The molecule has 0 aromatic heterocycles. The van der Waals surface area contributed by atoms with E-state index in [9.17, 15) is 0 Å². The van der Waals surface area contributed by atoms with Gasteiger partial charge >= 0.3 is 0 Å². The smallest absolute Gasteiger partial charge is 0.136 e. The van der Waals surface area contributed by atoms with Crippen LogP contribution in [0.1, 0.15) is 57.6 Å². The lowest BCUT2D eigenvalue weighted by Crippen LogP contribution is -2.54. The summed E-state index contributed by atoms with van der Waals surface area (Å²) in [5.74, 6) is 0.785. The minimum atomic E-state index is -0.209. The Morgan fingerprint density at radius 2 is 1.66 bits per heavy atom. The molecule has 1 saturated carbocycles. The number of nitrogens with two attached hydrogens (primary N) is 2. The Balaban J connectivity index is 1.58. The van der Waals surface area contributed by atoms with Gasteiger partial charge in [-0.1, -0.05) is 50.7 Å². The van der Waals surface area contributed by atoms with E-state index in [1.165, 1.54) is 42.5 Å². The van der Waals surface area contributed by atoms with Crippen LogP contribution in [0.2, 0.25) is 0 Å². The molecule has 5 nitrogen and oxygen atoms in total. The summed E-state index contributed by atoms with van der Waals surface area (Å²) in [5.41, 5.74) is 18.3. The molecule has 2 unspecified atom stereocenters. The van der Waals surface area contributed by atoms with Crippen molar-refractivity contribution in [1.29, 1.82) is 0 Å². The molecule has 1 fully saturated rings. The second-order valence-corrected chi connectivity index (χ2v) is 10.9. The van der Waals surface area contributed by atoms with E-state index < -0.39 is 0 Å². The first-order valence-electron chi connectivity index (χ1n) is 10.8. The molecule has 0 saturated heterocycles. The van der Waals surface area contributed by atoms with E-state index in [0.717, 1.165) is 16.6 Å². The molecule has 1 aromatic rings. The zero-order chi connectivity index (χ0) is 20.9. The maximum absolute atomic E-state index is 6.87. The van der Waals surface area contributed by atoms with Crippen LogP contribution in [0.3, 0.4) is 0 Å². The molecule has 158 valence electrons. The Labute approximate surface area is 179 Å². The first-order chi connectivity index (χ1) is 13.7. The van der Waals surface area contributed by atoms with Gasteiger partial charge in [-0.25, -0.2) is 4.99 Å². The van der Waals surface area contributed by atoms with Crippen molar-refractivity contribution in [2.75, 3.05) is 4.90 Å². The number of aryl methyl sites for hydroxylation is 2. The van der Waals surface area contributed by atoms with Gasteiger partial charge in [0.05, 0.1) is 12.0 Å². The molecule has 4 N–H and O–H groups in total. The van der Waals surface area contributed by atoms with Gasteiger partial charge in [-0.2, -0.15) is 0 Å². The Bertz CT molecular complexity index is 812. The van der Waals surface area contributed by atoms with E-state index in [1.54, 1.807) is 11.8 Å². The predicted molar refractivity (Wildman–Crippen MR) is 124 cm³/mol. The van der Waals surface area contributed by atoms with Crippen molar-refractivity contribution < 1.29 is 0 Å².